The van der Waals surface area contributed by atoms with E-state index < -0.39 is 41.2 Å². The van der Waals surface area contributed by atoms with Crippen molar-refractivity contribution in [2.75, 3.05) is 38.7 Å². The first-order valence-corrected chi connectivity index (χ1v) is 22.5. The number of aromatic nitrogens is 2. The van der Waals surface area contributed by atoms with Crippen LogP contribution in [0.2, 0.25) is 0 Å². The fraction of sp³-hybridized carbons (Fsp3) is 0.373. The largest absolute Gasteiger partial charge is 0.508 e. The number of fused-ring (bicyclic) bond motifs is 6. The molecule has 66 heavy (non-hydrogen) atoms. The lowest BCUT2D eigenvalue weighted by molar-refractivity contribution is -0.155. The molecule has 3 aliphatic rings. The van der Waals surface area contributed by atoms with Gasteiger partial charge in [-0.25, -0.2) is 5.43 Å². The Kier molecular flexibility index (Phi) is 13.4. The first-order valence-electron chi connectivity index (χ1n) is 22.5. The van der Waals surface area contributed by atoms with Gasteiger partial charge in [0.05, 0.1) is 36.1 Å². The fourth-order valence-corrected chi connectivity index (χ4v) is 9.50. The number of esters is 1. The number of aryl methyl sites for hydroxylation is 1. The molecule has 15 heteroatoms. The summed E-state index contributed by atoms with van der Waals surface area (Å²) in [5, 5.41) is 19.5. The summed E-state index contributed by atoms with van der Waals surface area (Å²) >= 11 is 0. The number of phenols is 1. The molecule has 4 amide bonds. The molecule has 3 atom stereocenters. The lowest BCUT2D eigenvalue weighted by Gasteiger charge is -2.35. The van der Waals surface area contributed by atoms with E-state index in [0.29, 0.717) is 56.5 Å². The summed E-state index contributed by atoms with van der Waals surface area (Å²) in [6.45, 7) is 11.8. The number of hydrazine groups is 1. The minimum absolute atomic E-state index is 0.0190. The normalized spacial score (nSPS) is 19.8. The Morgan fingerprint density at radius 1 is 1.05 bits per heavy atom. The average molecular weight is 896 g/mol. The Bertz CT molecular complexity index is 2710. The van der Waals surface area contributed by atoms with Crippen LogP contribution in [0, 0.1) is 11.3 Å². The molecule has 0 saturated carbocycles. The number of hydrogen-bond acceptors (Lipinski definition) is 10. The molecular weight excluding hydrogens is 839 g/mol. The molecule has 2 fully saturated rings. The van der Waals surface area contributed by atoms with Gasteiger partial charge in [-0.1, -0.05) is 44.7 Å². The highest BCUT2D eigenvalue weighted by Gasteiger charge is 2.36. The van der Waals surface area contributed by atoms with Crippen molar-refractivity contribution in [3.63, 3.8) is 0 Å². The van der Waals surface area contributed by atoms with E-state index in [1.165, 1.54) is 11.1 Å². The Balaban J connectivity index is 1.18. The minimum Gasteiger partial charge on any atom is -0.508 e. The van der Waals surface area contributed by atoms with E-state index in [2.05, 4.69) is 65.1 Å². The standard InChI is InChI=1S/C51H57N7O8/c1-6-45(60)56-20-17-33(28-56)47(61)53-41-12-9-8-11-37(41)48(62)54-43-23-31-21-35(24-36(59)22-31)32-14-15-44-38(25-32)39(46(57(44)7-2)40-27-52-18-16-34(40)29-65-5)26-51(3,4)30-66-50(64)42-13-10-19-58(55-42)49(43)63/h6,8-9,11-12,14-16,18,21-22,24-25,27,33,42-43,55,59H,1,7,10,13,17,19-20,23,26,28-30H2,2-5H3,(H,53,61)(H,54,62)/t33-,42-,43-/m0/s1. The van der Waals surface area contributed by atoms with Gasteiger partial charge in [-0.2, -0.15) is 0 Å². The van der Waals surface area contributed by atoms with Crippen molar-refractivity contribution in [3.05, 3.63) is 114 Å². The van der Waals surface area contributed by atoms with Crippen LogP contribution in [0.5, 0.6) is 5.75 Å². The van der Waals surface area contributed by atoms with Crippen molar-refractivity contribution in [3.8, 4) is 28.1 Å². The van der Waals surface area contributed by atoms with Crippen LogP contribution in [-0.2, 0) is 54.6 Å². The van der Waals surface area contributed by atoms with Crippen molar-refractivity contribution in [2.24, 2.45) is 11.3 Å². The molecule has 8 rings (SSSR count). The number of likely N-dealkylation sites (tertiary alicyclic amines) is 1. The van der Waals surface area contributed by atoms with Crippen molar-refractivity contribution >= 4 is 46.2 Å². The summed E-state index contributed by atoms with van der Waals surface area (Å²) in [6.07, 6.45) is 6.77. The monoisotopic (exact) mass is 895 g/mol. The molecule has 5 heterocycles. The molecule has 5 aromatic rings. The molecule has 0 radical (unpaired) electrons. The van der Waals surface area contributed by atoms with Gasteiger partial charge in [0.1, 0.15) is 17.8 Å². The molecule has 0 unspecified atom stereocenters. The maximum atomic E-state index is 14.7. The lowest BCUT2D eigenvalue weighted by Crippen LogP contribution is -2.60. The number of anilines is 1. The third-order valence-corrected chi connectivity index (χ3v) is 12.8. The van der Waals surface area contributed by atoms with E-state index in [1.807, 2.05) is 24.4 Å². The topological polar surface area (TPSA) is 184 Å². The van der Waals surface area contributed by atoms with Crippen LogP contribution >= 0.6 is 0 Å². The first-order chi connectivity index (χ1) is 31.8. The molecule has 3 aliphatic heterocycles. The number of carbonyl (C=O) groups is 5. The number of rotatable bonds is 9. The van der Waals surface area contributed by atoms with Crippen LogP contribution in [0.1, 0.15) is 67.1 Å². The van der Waals surface area contributed by atoms with E-state index in [-0.39, 0.29) is 54.9 Å². The molecule has 0 spiro atoms. The molecule has 3 aromatic carbocycles. The van der Waals surface area contributed by atoms with Gasteiger partial charge >= 0.3 is 5.97 Å². The highest BCUT2D eigenvalue weighted by Crippen LogP contribution is 2.41. The Labute approximate surface area is 384 Å². The molecule has 2 aromatic heterocycles. The zero-order chi connectivity index (χ0) is 46.7. The number of aromatic hydroxyl groups is 1. The highest BCUT2D eigenvalue weighted by atomic mass is 16.5. The van der Waals surface area contributed by atoms with Gasteiger partial charge in [0, 0.05) is 74.0 Å². The van der Waals surface area contributed by atoms with E-state index in [4.69, 9.17) is 9.47 Å². The number of benzene rings is 3. The molecule has 6 bridgehead atoms. The molecule has 2 saturated heterocycles. The van der Waals surface area contributed by atoms with Crippen molar-refractivity contribution in [2.45, 2.75) is 78.1 Å². The van der Waals surface area contributed by atoms with E-state index in [9.17, 15) is 29.1 Å². The average Bonchev–Trinajstić information content (AvgIpc) is 3.93. The van der Waals surface area contributed by atoms with Crippen LogP contribution in [-0.4, -0.2) is 99.6 Å². The predicted octanol–water partition coefficient (Wildman–Crippen LogP) is 6.18. The number of nitrogens with one attached hydrogen (secondary N) is 3. The molecule has 344 valence electrons. The fourth-order valence-electron chi connectivity index (χ4n) is 9.50. The van der Waals surface area contributed by atoms with Crippen LogP contribution < -0.4 is 16.1 Å². The molecule has 4 N–H and O–H groups in total. The maximum absolute atomic E-state index is 14.7. The summed E-state index contributed by atoms with van der Waals surface area (Å²) in [5.41, 5.74) is 10.0. The smallest absolute Gasteiger partial charge is 0.324 e. The third kappa shape index (κ3) is 9.58. The quantitative estimate of drug-likeness (QED) is 0.0985. The van der Waals surface area contributed by atoms with Crippen LogP contribution in [0.4, 0.5) is 5.69 Å². The number of ether oxygens (including phenoxy) is 2. The van der Waals surface area contributed by atoms with Gasteiger partial charge in [0.25, 0.3) is 11.8 Å². The van der Waals surface area contributed by atoms with Crippen molar-refractivity contribution in [1.82, 2.24) is 30.2 Å². The van der Waals surface area contributed by atoms with Crippen LogP contribution in [0.25, 0.3) is 33.3 Å². The Morgan fingerprint density at radius 2 is 1.86 bits per heavy atom. The van der Waals surface area contributed by atoms with Crippen molar-refractivity contribution in [1.29, 1.82) is 0 Å². The number of pyridine rings is 1. The number of carbonyl (C=O) groups excluding carboxylic acids is 5. The van der Waals surface area contributed by atoms with Gasteiger partial charge in [-0.3, -0.25) is 34.0 Å². The van der Waals surface area contributed by atoms with Gasteiger partial charge < -0.3 is 34.7 Å². The summed E-state index contributed by atoms with van der Waals surface area (Å²) in [6, 6.07) is 17.9. The third-order valence-electron chi connectivity index (χ3n) is 12.8. The number of para-hydroxylation sites is 1. The predicted molar refractivity (Wildman–Crippen MR) is 250 cm³/mol. The zero-order valence-electron chi connectivity index (χ0n) is 37.9. The van der Waals surface area contributed by atoms with Crippen LogP contribution in [0.15, 0.2) is 91.8 Å². The SMILES string of the molecule is C=CC(=O)N1CC[C@H](C(=O)Nc2ccccc2C(=O)N[C@H]2Cc3cc(O)cc(c3)-c3ccc4c(c3)c(c(-c3cnccc3COC)n4CC)CC(C)(C)COC(=O)[C@@H]3CCCN(N3)C2=O)C1. The Hall–Kier alpha value is -6.84. The first kappa shape index (κ1) is 45.7. The lowest BCUT2D eigenvalue weighted by atomic mass is 9.84. The number of cyclic esters (lactones) is 1. The molecule has 15 nitrogen and oxygen atoms in total. The second kappa shape index (κ2) is 19.3. The number of hydrogen-bond donors (Lipinski definition) is 4. The summed E-state index contributed by atoms with van der Waals surface area (Å²) in [4.78, 5) is 74.6. The molecule has 0 aliphatic carbocycles. The second-order valence-electron chi connectivity index (χ2n) is 18.2. The van der Waals surface area contributed by atoms with Gasteiger partial charge in [0.15, 0.2) is 0 Å². The van der Waals surface area contributed by atoms with Gasteiger partial charge in [-0.05, 0) is 109 Å². The minimum atomic E-state index is -1.18. The van der Waals surface area contributed by atoms with Crippen LogP contribution in [0.3, 0.4) is 0 Å². The number of phenolic OH excluding ortho intramolecular Hbond substituents is 1. The van der Waals surface area contributed by atoms with Gasteiger partial charge in [0.2, 0.25) is 11.8 Å². The zero-order valence-corrected chi connectivity index (χ0v) is 37.9. The molecular formula is C51H57N7O8. The highest BCUT2D eigenvalue weighted by molar-refractivity contribution is 6.06. The second-order valence-corrected chi connectivity index (χ2v) is 18.2. The number of amides is 4. The summed E-state index contributed by atoms with van der Waals surface area (Å²) in [7, 11) is 1.67. The summed E-state index contributed by atoms with van der Waals surface area (Å²) < 4.78 is 14.0. The van der Waals surface area contributed by atoms with Gasteiger partial charge in [-0.15, -0.1) is 0 Å². The summed E-state index contributed by atoms with van der Waals surface area (Å²) in [5.74, 6) is -2.69. The van der Waals surface area contributed by atoms with E-state index in [0.717, 1.165) is 38.9 Å². The van der Waals surface area contributed by atoms with E-state index >= 15 is 0 Å². The maximum Gasteiger partial charge on any atom is 0.324 e. The Morgan fingerprint density at radius 3 is 2.65 bits per heavy atom. The van der Waals surface area contributed by atoms with E-state index in [1.54, 1.807) is 54.6 Å². The number of nitrogens with zero attached hydrogens (tertiary/aromatic N) is 4. The van der Waals surface area contributed by atoms with Crippen molar-refractivity contribution < 1.29 is 38.6 Å². The number of methoxy groups -OCH3 is 1.